The quantitative estimate of drug-likeness (QED) is 0.182. The van der Waals surface area contributed by atoms with E-state index in [0.29, 0.717) is 0 Å². The van der Waals surface area contributed by atoms with Crippen molar-refractivity contribution in [1.82, 2.24) is 14.5 Å². The van der Waals surface area contributed by atoms with Gasteiger partial charge in [0.1, 0.15) is 0 Å². The Kier molecular flexibility index (Phi) is 6.67. The van der Waals surface area contributed by atoms with E-state index in [0.717, 1.165) is 46.8 Å². The zero-order chi connectivity index (χ0) is 36.8. The first-order valence-corrected chi connectivity index (χ1v) is 19.5. The van der Waals surface area contributed by atoms with E-state index in [1.165, 1.54) is 72.4 Å². The number of benzene rings is 7. The lowest BCUT2D eigenvalue weighted by molar-refractivity contribution is 0.795. The van der Waals surface area contributed by atoms with Crippen molar-refractivity contribution in [2.24, 2.45) is 0 Å². The van der Waals surface area contributed by atoms with E-state index in [-0.39, 0.29) is 0 Å². The highest BCUT2D eigenvalue weighted by molar-refractivity contribution is 6.04. The monoisotopic (exact) mass is 713 g/mol. The molecule has 0 atom stereocenters. The van der Waals surface area contributed by atoms with Gasteiger partial charge in [-0.2, -0.15) is 0 Å². The fraction of sp³-hybridized carbons (Fsp3) is 0.0566. The molecule has 56 heavy (non-hydrogen) atoms. The van der Waals surface area contributed by atoms with Crippen LogP contribution in [0.4, 0.5) is 0 Å². The van der Waals surface area contributed by atoms with E-state index in [1.54, 1.807) is 0 Å². The van der Waals surface area contributed by atoms with E-state index in [9.17, 15) is 0 Å². The van der Waals surface area contributed by atoms with Crippen molar-refractivity contribution in [3.63, 3.8) is 0 Å². The Morgan fingerprint density at radius 2 is 0.946 bits per heavy atom. The number of fused-ring (bicyclic) bond motifs is 13. The van der Waals surface area contributed by atoms with Gasteiger partial charge in [0.25, 0.3) is 0 Å². The van der Waals surface area contributed by atoms with Crippen molar-refractivity contribution in [2.75, 3.05) is 0 Å². The Labute approximate surface area is 325 Å². The summed E-state index contributed by atoms with van der Waals surface area (Å²) >= 11 is 0. The van der Waals surface area contributed by atoms with Crippen LogP contribution in [-0.4, -0.2) is 14.5 Å². The van der Waals surface area contributed by atoms with Crippen molar-refractivity contribution < 1.29 is 0 Å². The second kappa shape index (κ2) is 11.9. The Hall–Kier alpha value is -7.10. The number of rotatable bonds is 4. The minimum Gasteiger partial charge on any atom is -0.313 e. The minimum atomic E-state index is -0.409. The highest BCUT2D eigenvalue weighted by Gasteiger charge is 2.51. The largest absolute Gasteiger partial charge is 0.313 e. The molecule has 0 saturated heterocycles. The van der Waals surface area contributed by atoms with Gasteiger partial charge in [0, 0.05) is 33.5 Å². The Morgan fingerprint density at radius 1 is 0.446 bits per heavy atom. The molecular formula is C53H35N3. The molecule has 0 N–H and O–H groups in total. The van der Waals surface area contributed by atoms with E-state index < -0.39 is 5.41 Å². The number of hydrogen-bond acceptors (Lipinski definition) is 2. The van der Waals surface area contributed by atoms with Crippen LogP contribution in [0, 0.1) is 0 Å². The zero-order valence-corrected chi connectivity index (χ0v) is 30.7. The summed E-state index contributed by atoms with van der Waals surface area (Å²) in [4.78, 5) is 10.6. The van der Waals surface area contributed by atoms with Crippen LogP contribution in [0.5, 0.6) is 0 Å². The summed E-state index contributed by atoms with van der Waals surface area (Å²) in [7, 11) is 0. The van der Waals surface area contributed by atoms with Crippen molar-refractivity contribution in [2.45, 2.75) is 18.3 Å². The molecule has 1 spiro atoms. The third-order valence-corrected chi connectivity index (χ3v) is 12.3. The van der Waals surface area contributed by atoms with Gasteiger partial charge >= 0.3 is 0 Å². The molecule has 0 radical (unpaired) electrons. The van der Waals surface area contributed by atoms with Gasteiger partial charge in [0.05, 0.1) is 22.3 Å². The SMILES string of the molecule is C1=C(c2nc(-c3ccccc3)cc(-c3ccccc3)n2)CCc2c1c1cc3c(cc1n2-c1ccccc1)-c1ccccc1C31c2ccccc2-c2ccccc21. The lowest BCUT2D eigenvalue weighted by atomic mass is 9.70. The number of para-hydroxylation sites is 1. The highest BCUT2D eigenvalue weighted by Crippen LogP contribution is 2.63. The first-order chi connectivity index (χ1) is 27.8. The summed E-state index contributed by atoms with van der Waals surface area (Å²) in [6, 6.07) is 66.2. The molecule has 3 nitrogen and oxygen atoms in total. The maximum Gasteiger partial charge on any atom is 0.156 e. The van der Waals surface area contributed by atoms with Gasteiger partial charge < -0.3 is 4.57 Å². The van der Waals surface area contributed by atoms with Crippen LogP contribution in [0.25, 0.3) is 73.0 Å². The maximum absolute atomic E-state index is 5.28. The van der Waals surface area contributed by atoms with Gasteiger partial charge in [-0.3, -0.25) is 0 Å². The molecule has 0 fully saturated rings. The van der Waals surface area contributed by atoms with Crippen LogP contribution in [0.1, 0.15) is 45.8 Å². The van der Waals surface area contributed by atoms with Gasteiger partial charge in [-0.05, 0) is 99.3 Å². The van der Waals surface area contributed by atoms with Gasteiger partial charge in [0.15, 0.2) is 5.82 Å². The van der Waals surface area contributed by atoms with E-state index in [2.05, 4.69) is 193 Å². The summed E-state index contributed by atoms with van der Waals surface area (Å²) in [5, 5.41) is 1.26. The molecule has 0 bridgehead atoms. The highest BCUT2D eigenvalue weighted by atomic mass is 15.0. The first-order valence-electron chi connectivity index (χ1n) is 19.5. The molecule has 2 heterocycles. The van der Waals surface area contributed by atoms with Crippen molar-refractivity contribution in [3.05, 3.63) is 221 Å². The van der Waals surface area contributed by atoms with E-state index >= 15 is 0 Å². The Bertz CT molecular complexity index is 2960. The van der Waals surface area contributed by atoms with Crippen molar-refractivity contribution in [1.29, 1.82) is 0 Å². The molecule has 7 aromatic carbocycles. The summed E-state index contributed by atoms with van der Waals surface area (Å²) in [5.41, 5.74) is 20.5. The smallest absolute Gasteiger partial charge is 0.156 e. The molecular weight excluding hydrogens is 679 g/mol. The molecule has 0 aliphatic heterocycles. The molecule has 3 aliphatic carbocycles. The van der Waals surface area contributed by atoms with E-state index in [1.807, 2.05) is 0 Å². The summed E-state index contributed by atoms with van der Waals surface area (Å²) < 4.78 is 2.51. The lowest BCUT2D eigenvalue weighted by Crippen LogP contribution is -2.25. The predicted octanol–water partition coefficient (Wildman–Crippen LogP) is 12.6. The van der Waals surface area contributed by atoms with Crippen LogP contribution >= 0.6 is 0 Å². The lowest BCUT2D eigenvalue weighted by Gasteiger charge is -2.30. The zero-order valence-electron chi connectivity index (χ0n) is 30.7. The van der Waals surface area contributed by atoms with Gasteiger partial charge in [-0.25, -0.2) is 9.97 Å². The van der Waals surface area contributed by atoms with Crippen molar-refractivity contribution >= 4 is 22.6 Å². The third-order valence-electron chi connectivity index (χ3n) is 12.3. The van der Waals surface area contributed by atoms with Gasteiger partial charge in [-0.15, -0.1) is 0 Å². The minimum absolute atomic E-state index is 0.409. The third kappa shape index (κ3) is 4.34. The Balaban J connectivity index is 1.14. The average Bonchev–Trinajstić information content (AvgIpc) is 3.87. The molecule has 262 valence electrons. The van der Waals surface area contributed by atoms with E-state index in [4.69, 9.17) is 9.97 Å². The standard InChI is InChI=1S/C53H35N3/c1-4-16-34(17-5-1)48-33-49(35-18-6-2-7-19-35)55-52(54-48)36-28-29-50-42(30-36)43-31-47-41(32-51(43)56(50)37-20-8-3-9-21-37)40-24-12-15-27-46(40)53(47)44-25-13-10-22-38(44)39-23-11-14-26-45(39)53/h1-27,30-33H,28-29H2. The van der Waals surface area contributed by atoms with Crippen LogP contribution in [0.15, 0.2) is 182 Å². The fourth-order valence-corrected chi connectivity index (χ4v) is 10.0. The molecule has 0 saturated carbocycles. The predicted molar refractivity (Wildman–Crippen MR) is 229 cm³/mol. The van der Waals surface area contributed by atoms with Crippen LogP contribution in [0.3, 0.4) is 0 Å². The summed E-state index contributed by atoms with van der Waals surface area (Å²) in [5.74, 6) is 0.792. The van der Waals surface area contributed by atoms with Crippen LogP contribution < -0.4 is 0 Å². The number of aromatic nitrogens is 3. The topological polar surface area (TPSA) is 30.7 Å². The molecule has 3 heteroatoms. The molecule has 2 aromatic heterocycles. The molecule has 0 amide bonds. The maximum atomic E-state index is 5.28. The first kappa shape index (κ1) is 31.3. The van der Waals surface area contributed by atoms with Crippen LogP contribution in [0.2, 0.25) is 0 Å². The molecule has 12 rings (SSSR count). The van der Waals surface area contributed by atoms with Gasteiger partial charge in [-0.1, -0.05) is 152 Å². The number of hydrogen-bond donors (Lipinski definition) is 0. The average molecular weight is 714 g/mol. The fourth-order valence-electron chi connectivity index (χ4n) is 10.0. The summed E-state index contributed by atoms with van der Waals surface area (Å²) in [6.07, 6.45) is 4.12. The number of nitrogens with zero attached hydrogens (tertiary/aromatic N) is 3. The second-order valence-electron chi connectivity index (χ2n) is 15.2. The summed E-state index contributed by atoms with van der Waals surface area (Å²) in [6.45, 7) is 0. The van der Waals surface area contributed by atoms with Crippen LogP contribution in [-0.2, 0) is 11.8 Å². The van der Waals surface area contributed by atoms with Crippen molar-refractivity contribution in [3.8, 4) is 50.5 Å². The second-order valence-corrected chi connectivity index (χ2v) is 15.2. The molecule has 3 aliphatic rings. The number of allylic oxidation sites excluding steroid dienone is 1. The molecule has 0 unspecified atom stereocenters. The van der Waals surface area contributed by atoms with Gasteiger partial charge in [0.2, 0.25) is 0 Å². The Morgan fingerprint density at radius 3 is 1.52 bits per heavy atom. The normalized spacial score (nSPS) is 14.2. The molecule has 9 aromatic rings.